The van der Waals surface area contributed by atoms with Crippen molar-refractivity contribution >= 4 is 0 Å². The first-order valence-corrected chi connectivity index (χ1v) is 7.78. The van der Waals surface area contributed by atoms with E-state index in [1.165, 1.54) is 31.0 Å². The van der Waals surface area contributed by atoms with E-state index in [0.717, 1.165) is 25.7 Å². The Morgan fingerprint density at radius 2 is 1.71 bits per heavy atom. The predicted octanol–water partition coefficient (Wildman–Crippen LogP) is 3.83. The number of rotatable bonds is 5. The number of nitrogens with one attached hydrogen (secondary N) is 1. The van der Waals surface area contributed by atoms with Crippen molar-refractivity contribution in [2.24, 2.45) is 0 Å². The van der Waals surface area contributed by atoms with Crippen molar-refractivity contribution in [3.63, 3.8) is 0 Å². The molecule has 118 valence electrons. The summed E-state index contributed by atoms with van der Waals surface area (Å²) in [6.45, 7) is 0. The fourth-order valence-electron chi connectivity index (χ4n) is 3.50. The lowest BCUT2D eigenvalue weighted by Gasteiger charge is -2.39. The largest absolute Gasteiger partial charge is 0.377 e. The van der Waals surface area contributed by atoms with Crippen molar-refractivity contribution in [3.8, 4) is 0 Å². The lowest BCUT2D eigenvalue weighted by atomic mass is 9.82. The van der Waals surface area contributed by atoms with Crippen LogP contribution in [0.5, 0.6) is 0 Å². The molecule has 0 saturated heterocycles. The SMILES string of the molecule is CNC(Cc1c(F)cccc1F)C1(OC)CCCCCC1. The molecule has 1 aromatic rings. The van der Waals surface area contributed by atoms with Crippen molar-refractivity contribution in [2.75, 3.05) is 14.2 Å². The molecule has 2 nitrogen and oxygen atoms in total. The zero-order valence-electron chi connectivity index (χ0n) is 12.9. The predicted molar refractivity (Wildman–Crippen MR) is 80.4 cm³/mol. The highest BCUT2D eigenvalue weighted by Crippen LogP contribution is 2.34. The fourth-order valence-corrected chi connectivity index (χ4v) is 3.50. The molecule has 1 fully saturated rings. The van der Waals surface area contributed by atoms with Crippen LogP contribution in [0.15, 0.2) is 18.2 Å². The summed E-state index contributed by atoms with van der Waals surface area (Å²) >= 11 is 0. The number of benzene rings is 1. The molecule has 1 N–H and O–H groups in total. The molecule has 0 radical (unpaired) electrons. The maximum absolute atomic E-state index is 13.9. The van der Waals surface area contributed by atoms with Gasteiger partial charge in [-0.1, -0.05) is 31.7 Å². The first kappa shape index (κ1) is 16.4. The number of hydrogen-bond donors (Lipinski definition) is 1. The highest BCUT2D eigenvalue weighted by molar-refractivity contribution is 5.22. The van der Waals surface area contributed by atoms with Gasteiger partial charge >= 0.3 is 0 Å². The van der Waals surface area contributed by atoms with Crippen molar-refractivity contribution in [1.29, 1.82) is 0 Å². The van der Waals surface area contributed by atoms with E-state index in [4.69, 9.17) is 4.74 Å². The van der Waals surface area contributed by atoms with Crippen molar-refractivity contribution in [2.45, 2.75) is 56.6 Å². The van der Waals surface area contributed by atoms with Gasteiger partial charge in [-0.05, 0) is 38.4 Å². The summed E-state index contributed by atoms with van der Waals surface area (Å²) in [6.07, 6.45) is 6.79. The minimum atomic E-state index is -0.477. The molecule has 1 saturated carbocycles. The Labute approximate surface area is 125 Å². The van der Waals surface area contributed by atoms with Crippen molar-refractivity contribution in [1.82, 2.24) is 5.32 Å². The van der Waals surface area contributed by atoms with Gasteiger partial charge in [-0.15, -0.1) is 0 Å². The standard InChI is InChI=1S/C17H25F2NO/c1-20-16(12-13-14(18)8-7-9-15(13)19)17(21-2)10-5-3-4-6-11-17/h7-9,16,20H,3-6,10-12H2,1-2H3. The quantitative estimate of drug-likeness (QED) is 0.834. The minimum absolute atomic E-state index is 0.0907. The maximum Gasteiger partial charge on any atom is 0.129 e. The Kier molecular flexibility index (Phi) is 5.71. The van der Waals surface area contributed by atoms with Crippen LogP contribution < -0.4 is 5.32 Å². The van der Waals surface area contributed by atoms with E-state index in [0.29, 0.717) is 6.42 Å². The minimum Gasteiger partial charge on any atom is -0.377 e. The van der Waals surface area contributed by atoms with Crippen LogP contribution in [-0.4, -0.2) is 25.8 Å². The molecule has 21 heavy (non-hydrogen) atoms. The molecule has 1 aromatic carbocycles. The molecule has 1 aliphatic carbocycles. The third-order valence-corrected chi connectivity index (χ3v) is 4.81. The average molecular weight is 297 g/mol. The Balaban J connectivity index is 2.25. The van der Waals surface area contributed by atoms with E-state index in [9.17, 15) is 8.78 Å². The van der Waals surface area contributed by atoms with Gasteiger partial charge in [0.1, 0.15) is 11.6 Å². The summed E-state index contributed by atoms with van der Waals surface area (Å²) in [5, 5.41) is 3.24. The van der Waals surface area contributed by atoms with Crippen LogP contribution in [0.1, 0.15) is 44.1 Å². The van der Waals surface area contributed by atoms with Gasteiger partial charge < -0.3 is 10.1 Å². The highest BCUT2D eigenvalue weighted by atomic mass is 19.1. The third kappa shape index (κ3) is 3.61. The van der Waals surface area contributed by atoms with Gasteiger partial charge in [0, 0.05) is 18.7 Å². The molecule has 0 bridgehead atoms. The van der Waals surface area contributed by atoms with Gasteiger partial charge in [0.05, 0.1) is 5.60 Å². The van der Waals surface area contributed by atoms with Crippen LogP contribution in [0.4, 0.5) is 8.78 Å². The molecule has 0 spiro atoms. The lowest BCUT2D eigenvalue weighted by molar-refractivity contribution is -0.0512. The van der Waals surface area contributed by atoms with Crippen LogP contribution in [0, 0.1) is 11.6 Å². The van der Waals surface area contributed by atoms with E-state index in [2.05, 4.69) is 5.32 Å². The normalized spacial score (nSPS) is 20.0. The Morgan fingerprint density at radius 1 is 1.14 bits per heavy atom. The summed E-state index contributed by atoms with van der Waals surface area (Å²) in [5.41, 5.74) is -0.183. The van der Waals surface area contributed by atoms with Crippen molar-refractivity contribution < 1.29 is 13.5 Å². The Morgan fingerprint density at radius 3 is 2.19 bits per heavy atom. The second-order valence-electron chi connectivity index (χ2n) is 5.93. The number of ether oxygens (including phenoxy) is 1. The number of hydrogen-bond acceptors (Lipinski definition) is 2. The molecular formula is C17H25F2NO. The number of methoxy groups -OCH3 is 1. The molecule has 0 amide bonds. The smallest absolute Gasteiger partial charge is 0.129 e. The summed E-state index contributed by atoms with van der Waals surface area (Å²) in [6, 6.07) is 3.95. The fraction of sp³-hybridized carbons (Fsp3) is 0.647. The van der Waals surface area contributed by atoms with E-state index < -0.39 is 11.6 Å². The van der Waals surface area contributed by atoms with Gasteiger partial charge in [-0.2, -0.15) is 0 Å². The second kappa shape index (κ2) is 7.32. The molecule has 1 unspecified atom stereocenters. The average Bonchev–Trinajstić information content (AvgIpc) is 2.73. The summed E-state index contributed by atoms with van der Waals surface area (Å²) in [5.74, 6) is -0.953. The van der Waals surface area contributed by atoms with E-state index in [1.807, 2.05) is 7.05 Å². The maximum atomic E-state index is 13.9. The topological polar surface area (TPSA) is 21.3 Å². The molecule has 0 aliphatic heterocycles. The summed E-state index contributed by atoms with van der Waals surface area (Å²) < 4.78 is 33.7. The first-order valence-electron chi connectivity index (χ1n) is 7.78. The molecule has 1 atom stereocenters. The zero-order chi connectivity index (χ0) is 15.3. The van der Waals surface area contributed by atoms with Gasteiger partial charge in [0.25, 0.3) is 0 Å². The Bertz CT molecular complexity index is 436. The van der Waals surface area contributed by atoms with Crippen LogP contribution in [0.25, 0.3) is 0 Å². The number of likely N-dealkylation sites (N-methyl/N-ethyl adjacent to an activating group) is 1. The first-order chi connectivity index (χ1) is 10.1. The zero-order valence-corrected chi connectivity index (χ0v) is 12.9. The lowest BCUT2D eigenvalue weighted by Crippen LogP contribution is -2.52. The molecule has 0 heterocycles. The van der Waals surface area contributed by atoms with Crippen molar-refractivity contribution in [3.05, 3.63) is 35.4 Å². The van der Waals surface area contributed by atoms with Gasteiger partial charge in [0.15, 0.2) is 0 Å². The van der Waals surface area contributed by atoms with Crippen LogP contribution >= 0.6 is 0 Å². The van der Waals surface area contributed by atoms with E-state index >= 15 is 0 Å². The molecule has 4 heteroatoms. The van der Waals surface area contributed by atoms with Crippen LogP contribution in [0.3, 0.4) is 0 Å². The van der Waals surface area contributed by atoms with Gasteiger partial charge in [-0.3, -0.25) is 0 Å². The molecular weight excluding hydrogens is 272 g/mol. The van der Waals surface area contributed by atoms with Crippen LogP contribution in [-0.2, 0) is 11.2 Å². The number of halogens is 2. The van der Waals surface area contributed by atoms with E-state index in [-0.39, 0.29) is 17.2 Å². The second-order valence-corrected chi connectivity index (χ2v) is 5.93. The molecule has 0 aromatic heterocycles. The summed E-state index contributed by atoms with van der Waals surface area (Å²) in [7, 11) is 3.56. The molecule has 1 aliphatic rings. The Hall–Kier alpha value is -1.00. The monoisotopic (exact) mass is 297 g/mol. The third-order valence-electron chi connectivity index (χ3n) is 4.81. The van der Waals surface area contributed by atoms with E-state index in [1.54, 1.807) is 7.11 Å². The highest BCUT2D eigenvalue weighted by Gasteiger charge is 2.39. The van der Waals surface area contributed by atoms with Crippen LogP contribution in [0.2, 0.25) is 0 Å². The molecule has 2 rings (SSSR count). The van der Waals surface area contributed by atoms with Gasteiger partial charge in [-0.25, -0.2) is 8.78 Å². The van der Waals surface area contributed by atoms with Gasteiger partial charge in [0.2, 0.25) is 0 Å². The summed E-state index contributed by atoms with van der Waals surface area (Å²) in [4.78, 5) is 0.